The highest BCUT2D eigenvalue weighted by Gasteiger charge is 2.28. The Balaban J connectivity index is 2.00. The quantitative estimate of drug-likeness (QED) is 0.748. The van der Waals surface area contributed by atoms with Crippen molar-refractivity contribution in [3.05, 3.63) is 35.9 Å². The number of hydrogen-bond donors (Lipinski definition) is 1. The Hall–Kier alpha value is -0.795. The molecular formula is C13H19BN2. The summed E-state index contributed by atoms with van der Waals surface area (Å²) in [6.45, 7) is 7.18. The molecule has 0 saturated carbocycles. The summed E-state index contributed by atoms with van der Waals surface area (Å²) in [4.78, 5) is 2.41. The van der Waals surface area contributed by atoms with Crippen molar-refractivity contribution < 1.29 is 0 Å². The largest absolute Gasteiger partial charge is 0.315 e. The SMILES string of the molecule is [B][C@]1(C)CN(Cc2ccccc2)C[C@H](C)N1. The molecule has 2 nitrogen and oxygen atoms in total. The smallest absolute Gasteiger partial charge is 0.0967 e. The fraction of sp³-hybridized carbons (Fsp3) is 0.538. The van der Waals surface area contributed by atoms with E-state index in [0.717, 1.165) is 19.6 Å². The van der Waals surface area contributed by atoms with E-state index in [-0.39, 0.29) is 5.44 Å². The minimum Gasteiger partial charge on any atom is -0.315 e. The van der Waals surface area contributed by atoms with Gasteiger partial charge in [-0.1, -0.05) is 37.3 Å². The number of rotatable bonds is 2. The van der Waals surface area contributed by atoms with Crippen LogP contribution in [0.1, 0.15) is 19.4 Å². The molecule has 0 aliphatic carbocycles. The van der Waals surface area contributed by atoms with Crippen molar-refractivity contribution >= 4 is 7.85 Å². The summed E-state index contributed by atoms with van der Waals surface area (Å²) in [5, 5.41) is 3.41. The summed E-state index contributed by atoms with van der Waals surface area (Å²) in [5.74, 6) is 0. The third-order valence-corrected chi connectivity index (χ3v) is 2.91. The Labute approximate surface area is 99.4 Å². The lowest BCUT2D eigenvalue weighted by Crippen LogP contribution is -2.62. The highest BCUT2D eigenvalue weighted by Crippen LogP contribution is 2.14. The lowest BCUT2D eigenvalue weighted by molar-refractivity contribution is 0.148. The highest BCUT2D eigenvalue weighted by atomic mass is 15.2. The van der Waals surface area contributed by atoms with Crippen LogP contribution in [0.3, 0.4) is 0 Å². The molecule has 1 fully saturated rings. The van der Waals surface area contributed by atoms with Crippen LogP contribution in [0.4, 0.5) is 0 Å². The number of nitrogens with zero attached hydrogens (tertiary/aromatic N) is 1. The summed E-state index contributed by atoms with van der Waals surface area (Å²) in [6.07, 6.45) is 0. The fourth-order valence-corrected chi connectivity index (χ4v) is 2.53. The molecule has 0 amide bonds. The van der Waals surface area contributed by atoms with Crippen molar-refractivity contribution in [3.8, 4) is 0 Å². The van der Waals surface area contributed by atoms with Crippen LogP contribution in [0.2, 0.25) is 0 Å². The Morgan fingerprint density at radius 1 is 1.44 bits per heavy atom. The van der Waals surface area contributed by atoms with Gasteiger partial charge < -0.3 is 5.32 Å². The van der Waals surface area contributed by atoms with E-state index in [9.17, 15) is 0 Å². The van der Waals surface area contributed by atoms with Crippen LogP contribution in [0, 0.1) is 0 Å². The van der Waals surface area contributed by atoms with Crippen LogP contribution >= 0.6 is 0 Å². The molecule has 2 rings (SSSR count). The van der Waals surface area contributed by atoms with E-state index in [1.54, 1.807) is 0 Å². The zero-order chi connectivity index (χ0) is 11.6. The Kier molecular flexibility index (Phi) is 3.36. The fourth-order valence-electron chi connectivity index (χ4n) is 2.53. The predicted molar refractivity (Wildman–Crippen MR) is 68.5 cm³/mol. The first-order chi connectivity index (χ1) is 7.55. The van der Waals surface area contributed by atoms with E-state index in [2.05, 4.69) is 54.4 Å². The lowest BCUT2D eigenvalue weighted by Gasteiger charge is -2.43. The van der Waals surface area contributed by atoms with E-state index < -0.39 is 0 Å². The van der Waals surface area contributed by atoms with Crippen molar-refractivity contribution in [1.82, 2.24) is 10.2 Å². The number of nitrogens with one attached hydrogen (secondary N) is 1. The van der Waals surface area contributed by atoms with Gasteiger partial charge in [0.15, 0.2) is 0 Å². The molecule has 1 saturated heterocycles. The monoisotopic (exact) mass is 214 g/mol. The zero-order valence-electron chi connectivity index (χ0n) is 10.1. The van der Waals surface area contributed by atoms with Crippen molar-refractivity contribution in [2.75, 3.05) is 13.1 Å². The normalized spacial score (nSPS) is 31.5. The first-order valence-corrected chi connectivity index (χ1v) is 5.88. The molecule has 0 bridgehead atoms. The third kappa shape index (κ3) is 3.10. The van der Waals surface area contributed by atoms with E-state index in [0.29, 0.717) is 6.04 Å². The molecule has 0 unspecified atom stereocenters. The van der Waals surface area contributed by atoms with Gasteiger partial charge in [-0.25, -0.2) is 0 Å². The van der Waals surface area contributed by atoms with Gasteiger partial charge in [0, 0.05) is 25.7 Å². The first-order valence-electron chi connectivity index (χ1n) is 5.88. The van der Waals surface area contributed by atoms with Gasteiger partial charge in [0.2, 0.25) is 0 Å². The molecule has 2 atom stereocenters. The van der Waals surface area contributed by atoms with Gasteiger partial charge in [-0.3, -0.25) is 4.90 Å². The maximum absolute atomic E-state index is 6.16. The Bertz CT molecular complexity index is 337. The zero-order valence-corrected chi connectivity index (χ0v) is 10.1. The maximum atomic E-state index is 6.16. The average molecular weight is 214 g/mol. The van der Waals surface area contributed by atoms with Crippen molar-refractivity contribution in [2.45, 2.75) is 31.9 Å². The van der Waals surface area contributed by atoms with Crippen molar-refractivity contribution in [1.29, 1.82) is 0 Å². The van der Waals surface area contributed by atoms with E-state index in [4.69, 9.17) is 7.85 Å². The topological polar surface area (TPSA) is 15.3 Å². The summed E-state index contributed by atoms with van der Waals surface area (Å²) in [5.41, 5.74) is 1.08. The van der Waals surface area contributed by atoms with E-state index in [1.807, 2.05) is 0 Å². The molecule has 1 heterocycles. The van der Waals surface area contributed by atoms with Crippen LogP contribution in [-0.2, 0) is 6.54 Å². The summed E-state index contributed by atoms with van der Waals surface area (Å²) in [6, 6.07) is 11.0. The van der Waals surface area contributed by atoms with E-state index >= 15 is 0 Å². The molecule has 16 heavy (non-hydrogen) atoms. The van der Waals surface area contributed by atoms with Gasteiger partial charge in [-0.15, -0.1) is 0 Å². The number of piperazine rings is 1. The van der Waals surface area contributed by atoms with Gasteiger partial charge >= 0.3 is 0 Å². The second-order valence-electron chi connectivity index (χ2n) is 5.12. The van der Waals surface area contributed by atoms with Gasteiger partial charge in [-0.2, -0.15) is 0 Å². The highest BCUT2D eigenvalue weighted by molar-refractivity contribution is 6.15. The molecule has 2 radical (unpaired) electrons. The van der Waals surface area contributed by atoms with Gasteiger partial charge in [0.25, 0.3) is 0 Å². The molecule has 1 aromatic carbocycles. The average Bonchev–Trinajstić information content (AvgIpc) is 2.15. The number of benzene rings is 1. The van der Waals surface area contributed by atoms with Gasteiger partial charge in [0.1, 0.15) is 0 Å². The standard InChI is InChI=1S/C13H19BN2/c1-11-8-16(10-13(2,14)15-11)9-12-6-4-3-5-7-12/h3-7,11,15H,8-10H2,1-2H3/t11-,13-/m0/s1. The molecule has 0 aromatic heterocycles. The van der Waals surface area contributed by atoms with Crippen LogP contribution < -0.4 is 5.32 Å². The molecule has 0 spiro atoms. The molecule has 1 N–H and O–H groups in total. The van der Waals surface area contributed by atoms with Crippen molar-refractivity contribution in [2.24, 2.45) is 0 Å². The number of hydrogen-bond acceptors (Lipinski definition) is 2. The van der Waals surface area contributed by atoms with Crippen LogP contribution in [-0.4, -0.2) is 37.3 Å². The Morgan fingerprint density at radius 2 is 2.12 bits per heavy atom. The molecule has 1 aliphatic heterocycles. The van der Waals surface area contributed by atoms with Crippen LogP contribution in [0.25, 0.3) is 0 Å². The summed E-state index contributed by atoms with van der Waals surface area (Å²) in [7, 11) is 6.16. The Morgan fingerprint density at radius 3 is 2.75 bits per heavy atom. The summed E-state index contributed by atoms with van der Waals surface area (Å²) < 4.78 is 0. The van der Waals surface area contributed by atoms with E-state index in [1.165, 1.54) is 5.56 Å². The minimum atomic E-state index is -0.271. The van der Waals surface area contributed by atoms with Gasteiger partial charge in [0.05, 0.1) is 7.85 Å². The molecule has 3 heteroatoms. The second kappa shape index (κ2) is 4.60. The van der Waals surface area contributed by atoms with Gasteiger partial charge in [-0.05, 0) is 17.9 Å². The van der Waals surface area contributed by atoms with Crippen molar-refractivity contribution in [3.63, 3.8) is 0 Å². The third-order valence-electron chi connectivity index (χ3n) is 2.91. The summed E-state index contributed by atoms with van der Waals surface area (Å²) >= 11 is 0. The molecule has 1 aliphatic rings. The van der Waals surface area contributed by atoms with Crippen LogP contribution in [0.5, 0.6) is 0 Å². The molecule has 1 aromatic rings. The molecular weight excluding hydrogens is 195 g/mol. The molecule has 84 valence electrons. The second-order valence-corrected chi connectivity index (χ2v) is 5.12. The predicted octanol–water partition coefficient (Wildman–Crippen LogP) is 1.36. The van der Waals surface area contributed by atoms with Crippen LogP contribution in [0.15, 0.2) is 30.3 Å². The lowest BCUT2D eigenvalue weighted by atomic mass is 9.77. The maximum Gasteiger partial charge on any atom is 0.0967 e. The minimum absolute atomic E-state index is 0.271. The first kappa shape index (κ1) is 11.7.